The van der Waals surface area contributed by atoms with Crippen molar-refractivity contribution in [1.29, 1.82) is 0 Å². The average Bonchev–Trinajstić information content (AvgIpc) is 2.78. The lowest BCUT2D eigenvalue weighted by molar-refractivity contribution is -0.149. The number of carbonyl (C=O) groups is 3. The van der Waals surface area contributed by atoms with Crippen molar-refractivity contribution in [2.75, 3.05) is 11.9 Å². The maximum atomic E-state index is 12.9. The molecule has 0 radical (unpaired) electrons. The van der Waals surface area contributed by atoms with Crippen LogP contribution in [-0.4, -0.2) is 24.4 Å². The Hall–Kier alpha value is -4.00. The zero-order valence-corrected chi connectivity index (χ0v) is 15.9. The van der Waals surface area contributed by atoms with Gasteiger partial charge in [-0.25, -0.2) is 9.18 Å². The van der Waals surface area contributed by atoms with Crippen LogP contribution in [0.4, 0.5) is 10.1 Å². The molecule has 0 spiro atoms. The summed E-state index contributed by atoms with van der Waals surface area (Å²) in [5.74, 6) is -2.24. The number of nitrogens with one attached hydrogen (secondary N) is 2. The molecule has 3 aromatic carbocycles. The van der Waals surface area contributed by atoms with Crippen molar-refractivity contribution in [3.05, 3.63) is 102 Å². The molecule has 3 rings (SSSR count). The van der Waals surface area contributed by atoms with E-state index in [1.807, 2.05) is 0 Å². The predicted molar refractivity (Wildman–Crippen MR) is 109 cm³/mol. The molecule has 0 fully saturated rings. The SMILES string of the molecule is O=C(COC(=O)[C@@H](NC(=O)c1ccccc1)c1ccccc1)Nc1ccc(F)cc1. The minimum atomic E-state index is -1.09. The quantitative estimate of drug-likeness (QED) is 0.589. The molecule has 152 valence electrons. The fraction of sp³-hybridized carbons (Fsp3) is 0.0870. The zero-order valence-electron chi connectivity index (χ0n) is 15.9. The molecule has 30 heavy (non-hydrogen) atoms. The van der Waals surface area contributed by atoms with Crippen LogP contribution < -0.4 is 10.6 Å². The molecule has 0 unspecified atom stereocenters. The molecule has 0 aromatic heterocycles. The number of hydrogen-bond donors (Lipinski definition) is 2. The predicted octanol–water partition coefficient (Wildman–Crippen LogP) is 3.48. The molecule has 0 saturated carbocycles. The normalized spacial score (nSPS) is 11.2. The third kappa shape index (κ3) is 5.75. The fourth-order valence-corrected chi connectivity index (χ4v) is 2.68. The Balaban J connectivity index is 1.65. The van der Waals surface area contributed by atoms with Gasteiger partial charge in [-0.05, 0) is 42.0 Å². The number of rotatable bonds is 7. The van der Waals surface area contributed by atoms with Gasteiger partial charge < -0.3 is 15.4 Å². The number of benzene rings is 3. The average molecular weight is 406 g/mol. The highest BCUT2D eigenvalue weighted by Crippen LogP contribution is 2.16. The summed E-state index contributed by atoms with van der Waals surface area (Å²) in [6.07, 6.45) is 0. The van der Waals surface area contributed by atoms with E-state index in [-0.39, 0.29) is 0 Å². The second-order valence-corrected chi connectivity index (χ2v) is 6.35. The van der Waals surface area contributed by atoms with E-state index < -0.39 is 36.2 Å². The molecular formula is C23H19FN2O4. The van der Waals surface area contributed by atoms with Gasteiger partial charge in [-0.15, -0.1) is 0 Å². The number of carbonyl (C=O) groups excluding carboxylic acids is 3. The lowest BCUT2D eigenvalue weighted by Crippen LogP contribution is -2.36. The van der Waals surface area contributed by atoms with E-state index in [0.29, 0.717) is 16.8 Å². The Kier molecular flexibility index (Phi) is 6.89. The van der Waals surface area contributed by atoms with Crippen molar-refractivity contribution < 1.29 is 23.5 Å². The first-order valence-corrected chi connectivity index (χ1v) is 9.16. The van der Waals surface area contributed by atoms with Crippen LogP contribution >= 0.6 is 0 Å². The van der Waals surface area contributed by atoms with Gasteiger partial charge in [0.25, 0.3) is 11.8 Å². The Morgan fingerprint density at radius 3 is 2.07 bits per heavy atom. The van der Waals surface area contributed by atoms with Crippen LogP contribution in [0.2, 0.25) is 0 Å². The van der Waals surface area contributed by atoms with Gasteiger partial charge in [0.15, 0.2) is 12.6 Å². The van der Waals surface area contributed by atoms with Gasteiger partial charge >= 0.3 is 5.97 Å². The van der Waals surface area contributed by atoms with E-state index in [0.717, 1.165) is 0 Å². The maximum absolute atomic E-state index is 12.9. The number of hydrogen-bond acceptors (Lipinski definition) is 4. The van der Waals surface area contributed by atoms with Crippen LogP contribution in [0.3, 0.4) is 0 Å². The van der Waals surface area contributed by atoms with E-state index in [4.69, 9.17) is 4.74 Å². The van der Waals surface area contributed by atoms with Gasteiger partial charge in [0.1, 0.15) is 5.82 Å². The van der Waals surface area contributed by atoms with Crippen LogP contribution in [0, 0.1) is 5.82 Å². The first kappa shape index (κ1) is 20.7. The Labute approximate surface area is 172 Å². The molecular weight excluding hydrogens is 387 g/mol. The molecule has 0 aliphatic rings. The fourth-order valence-electron chi connectivity index (χ4n) is 2.68. The first-order valence-electron chi connectivity index (χ1n) is 9.16. The first-order chi connectivity index (χ1) is 14.5. The minimum Gasteiger partial charge on any atom is -0.454 e. The highest BCUT2D eigenvalue weighted by atomic mass is 19.1. The summed E-state index contributed by atoms with van der Waals surface area (Å²) in [6, 6.07) is 21.1. The van der Waals surface area contributed by atoms with Crippen molar-refractivity contribution in [1.82, 2.24) is 5.32 Å². The van der Waals surface area contributed by atoms with E-state index in [2.05, 4.69) is 10.6 Å². The van der Waals surface area contributed by atoms with Gasteiger partial charge in [0, 0.05) is 11.3 Å². The summed E-state index contributed by atoms with van der Waals surface area (Å²) < 4.78 is 18.1. The summed E-state index contributed by atoms with van der Waals surface area (Å²) in [7, 11) is 0. The van der Waals surface area contributed by atoms with Gasteiger partial charge in [-0.2, -0.15) is 0 Å². The van der Waals surface area contributed by atoms with Crippen LogP contribution in [0.25, 0.3) is 0 Å². The molecule has 0 aliphatic heterocycles. The van der Waals surface area contributed by atoms with Crippen LogP contribution in [0.5, 0.6) is 0 Å². The summed E-state index contributed by atoms with van der Waals surface area (Å²) >= 11 is 0. The minimum absolute atomic E-state index is 0.370. The Bertz CT molecular complexity index is 1010. The third-order valence-corrected chi connectivity index (χ3v) is 4.15. The van der Waals surface area contributed by atoms with Crippen LogP contribution in [0.15, 0.2) is 84.9 Å². The Morgan fingerprint density at radius 1 is 0.833 bits per heavy atom. The zero-order chi connectivity index (χ0) is 21.3. The summed E-state index contributed by atoms with van der Waals surface area (Å²) in [4.78, 5) is 37.2. The Morgan fingerprint density at radius 2 is 1.43 bits per heavy atom. The van der Waals surface area contributed by atoms with Crippen molar-refractivity contribution in [3.8, 4) is 0 Å². The third-order valence-electron chi connectivity index (χ3n) is 4.15. The molecule has 0 saturated heterocycles. The van der Waals surface area contributed by atoms with Gasteiger partial charge in [0.2, 0.25) is 0 Å². The van der Waals surface area contributed by atoms with E-state index in [1.54, 1.807) is 60.7 Å². The highest BCUT2D eigenvalue weighted by molar-refractivity contribution is 5.97. The van der Waals surface area contributed by atoms with Crippen LogP contribution in [-0.2, 0) is 14.3 Å². The van der Waals surface area contributed by atoms with E-state index >= 15 is 0 Å². The number of esters is 1. The summed E-state index contributed by atoms with van der Waals surface area (Å²) in [6.45, 7) is -0.555. The number of anilines is 1. The van der Waals surface area contributed by atoms with E-state index in [1.165, 1.54) is 24.3 Å². The second-order valence-electron chi connectivity index (χ2n) is 6.35. The number of amides is 2. The van der Waals surface area contributed by atoms with Crippen LogP contribution in [0.1, 0.15) is 22.0 Å². The molecule has 1 atom stereocenters. The van der Waals surface area contributed by atoms with Crippen molar-refractivity contribution in [2.45, 2.75) is 6.04 Å². The molecule has 2 N–H and O–H groups in total. The van der Waals surface area contributed by atoms with Crippen molar-refractivity contribution in [2.24, 2.45) is 0 Å². The lowest BCUT2D eigenvalue weighted by Gasteiger charge is -2.18. The molecule has 2 amide bonds. The smallest absolute Gasteiger partial charge is 0.333 e. The molecule has 0 heterocycles. The molecule has 0 aliphatic carbocycles. The largest absolute Gasteiger partial charge is 0.454 e. The monoisotopic (exact) mass is 406 g/mol. The van der Waals surface area contributed by atoms with E-state index in [9.17, 15) is 18.8 Å². The second kappa shape index (κ2) is 9.97. The molecule has 3 aromatic rings. The van der Waals surface area contributed by atoms with Gasteiger partial charge in [-0.3, -0.25) is 9.59 Å². The standard InChI is InChI=1S/C23H19FN2O4/c24-18-11-13-19(14-12-18)25-20(27)15-30-23(29)21(16-7-3-1-4-8-16)26-22(28)17-9-5-2-6-10-17/h1-14,21H,15H2,(H,25,27)(H,26,28)/t21-/m0/s1. The summed E-state index contributed by atoms with van der Waals surface area (Å²) in [5.41, 5.74) is 1.28. The summed E-state index contributed by atoms with van der Waals surface area (Å²) in [5, 5.41) is 5.14. The number of halogens is 1. The van der Waals surface area contributed by atoms with Gasteiger partial charge in [-0.1, -0.05) is 48.5 Å². The topological polar surface area (TPSA) is 84.5 Å². The van der Waals surface area contributed by atoms with Gasteiger partial charge in [0.05, 0.1) is 0 Å². The molecule has 0 bridgehead atoms. The molecule has 7 heteroatoms. The lowest BCUT2D eigenvalue weighted by atomic mass is 10.1. The molecule has 6 nitrogen and oxygen atoms in total. The number of ether oxygens (including phenoxy) is 1. The highest BCUT2D eigenvalue weighted by Gasteiger charge is 2.25. The van der Waals surface area contributed by atoms with Crippen molar-refractivity contribution in [3.63, 3.8) is 0 Å². The maximum Gasteiger partial charge on any atom is 0.333 e. The van der Waals surface area contributed by atoms with Crippen molar-refractivity contribution >= 4 is 23.5 Å².